The smallest absolute Gasteiger partial charge is 0.255 e. The molecule has 1 saturated heterocycles. The van der Waals surface area contributed by atoms with Crippen LogP contribution in [0.5, 0.6) is 5.75 Å². The maximum atomic E-state index is 12.8. The maximum Gasteiger partial charge on any atom is 0.255 e. The maximum absolute atomic E-state index is 12.8. The number of amides is 1. The van der Waals surface area contributed by atoms with Gasteiger partial charge in [0.25, 0.3) is 5.56 Å². The van der Waals surface area contributed by atoms with E-state index in [0.29, 0.717) is 29.4 Å². The Morgan fingerprint density at radius 2 is 1.89 bits per heavy atom. The van der Waals surface area contributed by atoms with E-state index in [1.807, 2.05) is 48.5 Å². The molecule has 180 valence electrons. The summed E-state index contributed by atoms with van der Waals surface area (Å²) in [6.07, 6.45) is 2.48. The molecule has 1 fully saturated rings. The summed E-state index contributed by atoms with van der Waals surface area (Å²) < 4.78 is 6.05. The van der Waals surface area contributed by atoms with Crippen molar-refractivity contribution in [1.82, 2.24) is 14.9 Å². The lowest BCUT2D eigenvalue weighted by Gasteiger charge is -2.26. The number of aryl methyl sites for hydroxylation is 1. The Morgan fingerprint density at radius 1 is 1.11 bits per heavy atom. The van der Waals surface area contributed by atoms with Gasteiger partial charge in [0.05, 0.1) is 6.42 Å². The van der Waals surface area contributed by atoms with Gasteiger partial charge in [-0.05, 0) is 63.1 Å². The van der Waals surface area contributed by atoms with Gasteiger partial charge in [0, 0.05) is 40.7 Å². The van der Waals surface area contributed by atoms with Gasteiger partial charge in [0.15, 0.2) is 0 Å². The van der Waals surface area contributed by atoms with Gasteiger partial charge in [-0.1, -0.05) is 30.3 Å². The second kappa shape index (κ2) is 9.88. The number of aromatic nitrogens is 2. The van der Waals surface area contributed by atoms with Gasteiger partial charge in [-0.25, -0.2) is 4.98 Å². The number of H-pyrrole nitrogens is 1. The first-order valence-corrected chi connectivity index (χ1v) is 12.1. The quantitative estimate of drug-likeness (QED) is 0.564. The molecule has 0 spiro atoms. The molecule has 35 heavy (non-hydrogen) atoms. The first kappa shape index (κ1) is 23.1. The minimum Gasteiger partial charge on any atom is -0.488 e. The zero-order valence-corrected chi connectivity index (χ0v) is 20.2. The number of hydrogen-bond donors (Lipinski definition) is 2. The van der Waals surface area contributed by atoms with Crippen molar-refractivity contribution in [2.45, 2.75) is 33.1 Å². The van der Waals surface area contributed by atoms with Gasteiger partial charge in [0.1, 0.15) is 18.2 Å². The number of anilines is 1. The van der Waals surface area contributed by atoms with Crippen molar-refractivity contribution in [3.05, 3.63) is 81.3 Å². The number of aromatic amines is 1. The second-order valence-corrected chi connectivity index (χ2v) is 9.28. The van der Waals surface area contributed by atoms with Gasteiger partial charge >= 0.3 is 0 Å². The van der Waals surface area contributed by atoms with Crippen LogP contribution < -0.4 is 15.6 Å². The van der Waals surface area contributed by atoms with Gasteiger partial charge in [-0.2, -0.15) is 0 Å². The fraction of sp³-hybridized carbons (Fsp3) is 0.321. The zero-order valence-electron chi connectivity index (χ0n) is 20.2. The van der Waals surface area contributed by atoms with Crippen LogP contribution in [-0.4, -0.2) is 47.0 Å². The largest absolute Gasteiger partial charge is 0.488 e. The highest BCUT2D eigenvalue weighted by atomic mass is 16.5. The van der Waals surface area contributed by atoms with Crippen LogP contribution in [0.15, 0.2) is 58.9 Å². The lowest BCUT2D eigenvalue weighted by Crippen LogP contribution is -2.26. The third kappa shape index (κ3) is 5.05. The number of nitrogens with zero attached hydrogens (tertiary/aromatic N) is 2. The minimum atomic E-state index is -0.299. The molecule has 0 unspecified atom stereocenters. The number of carbonyl (C=O) groups is 1. The number of allylic oxidation sites excluding steroid dienone is 1. The molecule has 0 atom stereocenters. The molecule has 3 aromatic rings. The van der Waals surface area contributed by atoms with E-state index < -0.39 is 0 Å². The summed E-state index contributed by atoms with van der Waals surface area (Å²) in [6, 6.07) is 15.2. The number of hydrogen-bond acceptors (Lipinski definition) is 5. The third-order valence-electron chi connectivity index (χ3n) is 6.82. The molecule has 2 aliphatic rings. The minimum absolute atomic E-state index is 0.0555. The molecule has 2 aromatic carbocycles. The van der Waals surface area contributed by atoms with E-state index in [0.717, 1.165) is 36.5 Å². The summed E-state index contributed by atoms with van der Waals surface area (Å²) in [5.41, 5.74) is 5.71. The van der Waals surface area contributed by atoms with Gasteiger partial charge in [-0.3, -0.25) is 14.5 Å². The molecule has 0 aliphatic carbocycles. The fourth-order valence-electron chi connectivity index (χ4n) is 4.78. The molecule has 3 heterocycles. The first-order valence-electron chi connectivity index (χ1n) is 12.1. The number of fused-ring (bicyclic) bond motifs is 1. The van der Waals surface area contributed by atoms with Crippen molar-refractivity contribution in [3.8, 4) is 17.1 Å². The van der Waals surface area contributed by atoms with E-state index in [9.17, 15) is 9.59 Å². The summed E-state index contributed by atoms with van der Waals surface area (Å²) in [7, 11) is 0. The molecule has 0 saturated carbocycles. The SMILES string of the molecule is CC1=C(CN2CCCC2)COc2cc(NC(=O)Cc3c(C)nc(-c4ccccc4)[nH]c3=O)ccc21. The van der Waals surface area contributed by atoms with Crippen molar-refractivity contribution in [2.24, 2.45) is 0 Å². The predicted octanol–water partition coefficient (Wildman–Crippen LogP) is 4.19. The Labute approximate surface area is 204 Å². The van der Waals surface area contributed by atoms with Crippen molar-refractivity contribution < 1.29 is 9.53 Å². The van der Waals surface area contributed by atoms with Crippen LogP contribution >= 0.6 is 0 Å². The molecule has 1 aromatic heterocycles. The number of nitrogens with one attached hydrogen (secondary N) is 2. The molecule has 0 radical (unpaired) electrons. The second-order valence-electron chi connectivity index (χ2n) is 9.28. The number of benzene rings is 2. The summed E-state index contributed by atoms with van der Waals surface area (Å²) in [5, 5.41) is 2.90. The Bertz CT molecular complexity index is 1340. The molecular formula is C28H30N4O3. The predicted molar refractivity (Wildman–Crippen MR) is 138 cm³/mol. The van der Waals surface area contributed by atoms with E-state index in [4.69, 9.17) is 4.74 Å². The lowest BCUT2D eigenvalue weighted by atomic mass is 9.97. The molecule has 1 amide bonds. The number of carbonyl (C=O) groups excluding carboxylic acids is 1. The van der Waals surface area contributed by atoms with Crippen molar-refractivity contribution in [1.29, 1.82) is 0 Å². The molecule has 2 N–H and O–H groups in total. The Morgan fingerprint density at radius 3 is 2.63 bits per heavy atom. The summed E-state index contributed by atoms with van der Waals surface area (Å²) in [4.78, 5) is 35.3. The van der Waals surface area contributed by atoms with E-state index in [-0.39, 0.29) is 17.9 Å². The fourth-order valence-corrected chi connectivity index (χ4v) is 4.78. The highest BCUT2D eigenvalue weighted by Crippen LogP contribution is 2.35. The molecule has 7 nitrogen and oxygen atoms in total. The van der Waals surface area contributed by atoms with E-state index >= 15 is 0 Å². The Balaban J connectivity index is 1.28. The third-order valence-corrected chi connectivity index (χ3v) is 6.82. The number of rotatable bonds is 6. The van der Waals surface area contributed by atoms with Crippen LogP contribution in [0.3, 0.4) is 0 Å². The summed E-state index contributed by atoms with van der Waals surface area (Å²) in [5.74, 6) is 0.996. The molecule has 5 rings (SSSR count). The van der Waals surface area contributed by atoms with E-state index in [1.54, 1.807) is 6.92 Å². The highest BCUT2D eigenvalue weighted by Gasteiger charge is 2.21. The van der Waals surface area contributed by atoms with E-state index in [2.05, 4.69) is 27.1 Å². The molecular weight excluding hydrogens is 440 g/mol. The monoisotopic (exact) mass is 470 g/mol. The average molecular weight is 471 g/mol. The Hall–Kier alpha value is -3.71. The number of likely N-dealkylation sites (tertiary alicyclic amines) is 1. The Kier molecular flexibility index (Phi) is 6.51. The van der Waals surface area contributed by atoms with Crippen molar-refractivity contribution in [3.63, 3.8) is 0 Å². The first-order chi connectivity index (χ1) is 17.0. The van der Waals surface area contributed by atoms with Gasteiger partial charge < -0.3 is 15.0 Å². The molecule has 7 heteroatoms. The summed E-state index contributed by atoms with van der Waals surface area (Å²) in [6.45, 7) is 7.73. The van der Waals surface area contributed by atoms with Gasteiger partial charge in [0.2, 0.25) is 5.91 Å². The lowest BCUT2D eigenvalue weighted by molar-refractivity contribution is -0.115. The van der Waals surface area contributed by atoms with Crippen LogP contribution in [0.25, 0.3) is 17.0 Å². The van der Waals surface area contributed by atoms with Crippen LogP contribution in [0.1, 0.15) is 36.6 Å². The molecule has 2 aliphatic heterocycles. The average Bonchev–Trinajstić information content (AvgIpc) is 3.37. The van der Waals surface area contributed by atoms with Crippen molar-refractivity contribution in [2.75, 3.05) is 31.6 Å². The standard InChI is InChI=1S/C28H30N4O3/c1-18-21(16-32-12-6-7-13-32)17-35-25-14-22(10-11-23(18)25)30-26(33)15-24-19(2)29-27(31-28(24)34)20-8-4-3-5-9-20/h3-5,8-11,14H,6-7,12-13,15-17H2,1-2H3,(H,30,33)(H,29,31,34). The normalized spacial score (nSPS) is 15.6. The van der Waals surface area contributed by atoms with Crippen LogP contribution in [-0.2, 0) is 11.2 Å². The molecule has 0 bridgehead atoms. The highest BCUT2D eigenvalue weighted by molar-refractivity contribution is 5.93. The topological polar surface area (TPSA) is 87.3 Å². The van der Waals surface area contributed by atoms with Crippen LogP contribution in [0, 0.1) is 6.92 Å². The summed E-state index contributed by atoms with van der Waals surface area (Å²) >= 11 is 0. The zero-order chi connectivity index (χ0) is 24.4. The number of ether oxygens (including phenoxy) is 1. The van der Waals surface area contributed by atoms with Crippen molar-refractivity contribution >= 4 is 17.2 Å². The van der Waals surface area contributed by atoms with Gasteiger partial charge in [-0.15, -0.1) is 0 Å². The van der Waals surface area contributed by atoms with Crippen LogP contribution in [0.2, 0.25) is 0 Å². The van der Waals surface area contributed by atoms with Crippen LogP contribution in [0.4, 0.5) is 5.69 Å². The van der Waals surface area contributed by atoms with E-state index in [1.165, 1.54) is 24.0 Å².